The number of hydrogen-bond donors (Lipinski definition) is 0. The average molecular weight is 335 g/mol. The van der Waals surface area contributed by atoms with Gasteiger partial charge in [0.2, 0.25) is 0 Å². The molecule has 1 aromatic heterocycles. The molecular formula is C13H10IN3. The van der Waals surface area contributed by atoms with Crippen LogP contribution in [-0.4, -0.2) is 15.0 Å². The van der Waals surface area contributed by atoms with Crippen molar-refractivity contribution in [3.63, 3.8) is 0 Å². The van der Waals surface area contributed by atoms with Gasteiger partial charge >= 0.3 is 0 Å². The molecule has 4 heteroatoms. The summed E-state index contributed by atoms with van der Waals surface area (Å²) in [5.74, 6) is 0. The third-order valence-corrected chi connectivity index (χ3v) is 3.22. The van der Waals surface area contributed by atoms with Gasteiger partial charge in [-0.3, -0.25) is 0 Å². The standard InChI is InChI=1S/C13H10IN3/c14-13-9-17(16-15-13)8-11-6-3-5-10-4-1-2-7-12(10)11/h1-7,9H,8H2. The van der Waals surface area contributed by atoms with Gasteiger partial charge in [-0.2, -0.15) is 0 Å². The van der Waals surface area contributed by atoms with Crippen LogP contribution in [0.15, 0.2) is 48.7 Å². The highest BCUT2D eigenvalue weighted by Gasteiger charge is 2.02. The predicted octanol–water partition coefficient (Wildman–Crippen LogP) is 3.08. The fourth-order valence-corrected chi connectivity index (χ4v) is 2.37. The van der Waals surface area contributed by atoms with Gasteiger partial charge in [0.25, 0.3) is 0 Å². The van der Waals surface area contributed by atoms with Crippen molar-refractivity contribution < 1.29 is 0 Å². The van der Waals surface area contributed by atoms with E-state index in [-0.39, 0.29) is 0 Å². The zero-order valence-corrected chi connectivity index (χ0v) is 11.2. The Labute approximate surface area is 113 Å². The van der Waals surface area contributed by atoms with E-state index in [2.05, 4.69) is 75.4 Å². The molecule has 0 fully saturated rings. The first kappa shape index (κ1) is 10.7. The molecule has 3 rings (SSSR count). The van der Waals surface area contributed by atoms with Crippen LogP contribution in [0, 0.1) is 3.70 Å². The van der Waals surface area contributed by atoms with E-state index in [9.17, 15) is 0 Å². The van der Waals surface area contributed by atoms with Crippen LogP contribution in [0.2, 0.25) is 0 Å². The molecule has 2 aromatic carbocycles. The number of halogens is 1. The highest BCUT2D eigenvalue weighted by molar-refractivity contribution is 14.1. The van der Waals surface area contributed by atoms with Crippen LogP contribution in [0.4, 0.5) is 0 Å². The van der Waals surface area contributed by atoms with Crippen molar-refractivity contribution in [3.8, 4) is 0 Å². The normalized spacial score (nSPS) is 10.9. The minimum atomic E-state index is 0.761. The zero-order valence-electron chi connectivity index (χ0n) is 9.05. The van der Waals surface area contributed by atoms with E-state index in [1.807, 2.05) is 10.9 Å². The van der Waals surface area contributed by atoms with Crippen LogP contribution in [0.1, 0.15) is 5.56 Å². The van der Waals surface area contributed by atoms with Crippen molar-refractivity contribution in [1.29, 1.82) is 0 Å². The maximum absolute atomic E-state index is 4.08. The highest BCUT2D eigenvalue weighted by atomic mass is 127. The van der Waals surface area contributed by atoms with Crippen LogP contribution in [0.5, 0.6) is 0 Å². The Hall–Kier alpha value is -1.43. The minimum absolute atomic E-state index is 0.761. The van der Waals surface area contributed by atoms with Crippen molar-refractivity contribution in [2.24, 2.45) is 0 Å². The lowest BCUT2D eigenvalue weighted by molar-refractivity contribution is 0.652. The monoisotopic (exact) mass is 335 g/mol. The molecule has 0 N–H and O–H groups in total. The van der Waals surface area contributed by atoms with Crippen molar-refractivity contribution in [3.05, 3.63) is 57.9 Å². The summed E-state index contributed by atoms with van der Waals surface area (Å²) in [6, 6.07) is 14.7. The van der Waals surface area contributed by atoms with E-state index in [0.717, 1.165) is 10.2 Å². The first-order valence-corrected chi connectivity index (χ1v) is 6.43. The largest absolute Gasteiger partial charge is 0.247 e. The van der Waals surface area contributed by atoms with Gasteiger partial charge in [0.1, 0.15) is 3.70 Å². The Morgan fingerprint density at radius 2 is 1.88 bits per heavy atom. The number of rotatable bonds is 2. The van der Waals surface area contributed by atoms with Gasteiger partial charge < -0.3 is 0 Å². The fraction of sp³-hybridized carbons (Fsp3) is 0.0769. The summed E-state index contributed by atoms with van der Waals surface area (Å²) in [6.07, 6.45) is 1.95. The molecule has 0 aliphatic carbocycles. The highest BCUT2D eigenvalue weighted by Crippen LogP contribution is 2.19. The van der Waals surface area contributed by atoms with Crippen LogP contribution in [0.25, 0.3) is 10.8 Å². The molecule has 17 heavy (non-hydrogen) atoms. The molecule has 0 aliphatic rings. The summed E-state index contributed by atoms with van der Waals surface area (Å²) in [4.78, 5) is 0. The molecule has 0 radical (unpaired) electrons. The molecule has 0 bridgehead atoms. The minimum Gasteiger partial charge on any atom is -0.247 e. The van der Waals surface area contributed by atoms with E-state index in [4.69, 9.17) is 0 Å². The summed E-state index contributed by atoms with van der Waals surface area (Å²) < 4.78 is 2.78. The zero-order chi connectivity index (χ0) is 11.7. The van der Waals surface area contributed by atoms with Gasteiger partial charge in [0.15, 0.2) is 0 Å². The average Bonchev–Trinajstić information content (AvgIpc) is 2.75. The van der Waals surface area contributed by atoms with E-state index in [0.29, 0.717) is 0 Å². The quantitative estimate of drug-likeness (QED) is 0.674. The van der Waals surface area contributed by atoms with Crippen LogP contribution in [-0.2, 0) is 6.54 Å². The molecule has 1 heterocycles. The van der Waals surface area contributed by atoms with E-state index < -0.39 is 0 Å². The SMILES string of the molecule is Ic1cn(Cc2cccc3ccccc23)nn1. The summed E-state index contributed by atoms with van der Waals surface area (Å²) in [7, 11) is 0. The van der Waals surface area contributed by atoms with Crippen LogP contribution in [0.3, 0.4) is 0 Å². The Balaban J connectivity index is 2.05. The van der Waals surface area contributed by atoms with Crippen molar-refractivity contribution in [2.45, 2.75) is 6.54 Å². The number of nitrogens with zero attached hydrogens (tertiary/aromatic N) is 3. The van der Waals surface area contributed by atoms with Gasteiger partial charge in [-0.15, -0.1) is 5.10 Å². The Kier molecular flexibility index (Phi) is 2.80. The van der Waals surface area contributed by atoms with E-state index in [1.165, 1.54) is 16.3 Å². The number of fused-ring (bicyclic) bond motifs is 1. The lowest BCUT2D eigenvalue weighted by atomic mass is 10.0. The molecule has 3 aromatic rings. The first-order chi connectivity index (χ1) is 8.33. The fourth-order valence-electron chi connectivity index (χ4n) is 1.96. The molecule has 0 atom stereocenters. The summed E-state index contributed by atoms with van der Waals surface area (Å²) in [6.45, 7) is 0.761. The van der Waals surface area contributed by atoms with Gasteiger partial charge in [0, 0.05) is 0 Å². The number of aromatic nitrogens is 3. The summed E-state index contributed by atoms with van der Waals surface area (Å²) in [5.41, 5.74) is 1.27. The third-order valence-electron chi connectivity index (χ3n) is 2.72. The lowest BCUT2D eigenvalue weighted by Gasteiger charge is -2.05. The molecule has 84 valence electrons. The lowest BCUT2D eigenvalue weighted by Crippen LogP contribution is -2.01. The first-order valence-electron chi connectivity index (χ1n) is 5.35. The summed E-state index contributed by atoms with van der Waals surface area (Å²) >= 11 is 2.17. The van der Waals surface area contributed by atoms with Crippen molar-refractivity contribution in [2.75, 3.05) is 0 Å². The molecule has 0 saturated carbocycles. The Bertz CT molecular complexity index is 655. The van der Waals surface area contributed by atoms with E-state index >= 15 is 0 Å². The molecule has 0 aliphatic heterocycles. The number of hydrogen-bond acceptors (Lipinski definition) is 2. The topological polar surface area (TPSA) is 30.7 Å². The predicted molar refractivity (Wildman–Crippen MR) is 75.8 cm³/mol. The second-order valence-electron chi connectivity index (χ2n) is 3.88. The van der Waals surface area contributed by atoms with Crippen molar-refractivity contribution >= 4 is 33.4 Å². The van der Waals surface area contributed by atoms with Gasteiger partial charge in [0.05, 0.1) is 12.7 Å². The van der Waals surface area contributed by atoms with Crippen molar-refractivity contribution in [1.82, 2.24) is 15.0 Å². The number of benzene rings is 2. The molecular weight excluding hydrogens is 325 g/mol. The molecule has 0 saturated heterocycles. The molecule has 0 amide bonds. The van der Waals surface area contributed by atoms with Gasteiger partial charge in [-0.1, -0.05) is 47.7 Å². The Morgan fingerprint density at radius 1 is 1.06 bits per heavy atom. The third kappa shape index (κ3) is 2.17. The second-order valence-corrected chi connectivity index (χ2v) is 4.98. The molecule has 3 nitrogen and oxygen atoms in total. The van der Waals surface area contributed by atoms with Crippen LogP contribution >= 0.6 is 22.6 Å². The molecule has 0 unspecified atom stereocenters. The maximum atomic E-state index is 4.08. The van der Waals surface area contributed by atoms with Gasteiger partial charge in [-0.25, -0.2) is 4.68 Å². The molecule has 0 spiro atoms. The van der Waals surface area contributed by atoms with Crippen LogP contribution < -0.4 is 0 Å². The van der Waals surface area contributed by atoms with E-state index in [1.54, 1.807) is 0 Å². The second kappa shape index (κ2) is 4.44. The smallest absolute Gasteiger partial charge is 0.143 e. The maximum Gasteiger partial charge on any atom is 0.143 e. The van der Waals surface area contributed by atoms with Gasteiger partial charge in [-0.05, 0) is 38.9 Å². The Morgan fingerprint density at radius 3 is 2.71 bits per heavy atom. The summed E-state index contributed by atoms with van der Waals surface area (Å²) in [5, 5.41) is 10.6.